The molecule has 0 radical (unpaired) electrons. The van der Waals surface area contributed by atoms with Crippen molar-refractivity contribution >= 4 is 45.5 Å². The van der Waals surface area contributed by atoms with E-state index in [-0.39, 0.29) is 5.12 Å². The zero-order valence-electron chi connectivity index (χ0n) is 10.1. The SMILES string of the molecule is CC(=O)SCCC=Cc1cc2cc[nH]c2cc1Cl. The Hall–Kier alpha value is -1.19. The van der Waals surface area contributed by atoms with Crippen molar-refractivity contribution in [1.82, 2.24) is 4.98 Å². The minimum Gasteiger partial charge on any atom is -0.361 e. The molecule has 0 fully saturated rings. The minimum absolute atomic E-state index is 0.162. The van der Waals surface area contributed by atoms with Crippen LogP contribution in [0.4, 0.5) is 0 Å². The first-order valence-electron chi connectivity index (χ1n) is 5.73. The van der Waals surface area contributed by atoms with Gasteiger partial charge in [0.1, 0.15) is 0 Å². The maximum absolute atomic E-state index is 10.8. The van der Waals surface area contributed by atoms with Gasteiger partial charge in [0.15, 0.2) is 5.12 Å². The third-order valence-corrected chi connectivity index (χ3v) is 3.73. The van der Waals surface area contributed by atoms with Gasteiger partial charge in [-0.3, -0.25) is 4.79 Å². The number of carbonyl (C=O) groups is 1. The van der Waals surface area contributed by atoms with E-state index in [9.17, 15) is 4.79 Å². The van der Waals surface area contributed by atoms with Gasteiger partial charge in [-0.25, -0.2) is 0 Å². The predicted octanol–water partition coefficient (Wildman–Crippen LogP) is 4.50. The van der Waals surface area contributed by atoms with Crippen LogP contribution in [-0.4, -0.2) is 15.9 Å². The number of aromatic amines is 1. The summed E-state index contributed by atoms with van der Waals surface area (Å²) in [5.41, 5.74) is 2.06. The summed E-state index contributed by atoms with van der Waals surface area (Å²) in [6.07, 6.45) is 6.83. The van der Waals surface area contributed by atoms with Crippen LogP contribution in [0.1, 0.15) is 18.9 Å². The number of H-pyrrole nitrogens is 1. The number of hydrogen-bond donors (Lipinski definition) is 1. The number of fused-ring (bicyclic) bond motifs is 1. The second-order valence-electron chi connectivity index (χ2n) is 3.97. The number of allylic oxidation sites excluding steroid dienone is 1. The molecular formula is C14H14ClNOS. The van der Waals surface area contributed by atoms with E-state index < -0.39 is 0 Å². The van der Waals surface area contributed by atoms with Crippen LogP contribution < -0.4 is 0 Å². The van der Waals surface area contributed by atoms with Crippen LogP contribution >= 0.6 is 23.4 Å². The smallest absolute Gasteiger partial charge is 0.185 e. The second-order valence-corrected chi connectivity index (χ2v) is 5.65. The van der Waals surface area contributed by atoms with Gasteiger partial charge < -0.3 is 4.98 Å². The molecule has 2 nitrogen and oxygen atoms in total. The first-order valence-corrected chi connectivity index (χ1v) is 7.10. The first-order chi connectivity index (χ1) is 8.66. The highest BCUT2D eigenvalue weighted by Crippen LogP contribution is 2.24. The molecular weight excluding hydrogens is 266 g/mol. The van der Waals surface area contributed by atoms with Gasteiger partial charge in [0.2, 0.25) is 0 Å². The molecule has 0 saturated heterocycles. The topological polar surface area (TPSA) is 32.9 Å². The number of nitrogens with one attached hydrogen (secondary N) is 1. The molecule has 0 amide bonds. The molecule has 2 rings (SSSR count). The number of hydrogen-bond acceptors (Lipinski definition) is 2. The van der Waals surface area contributed by atoms with Crippen molar-refractivity contribution in [2.75, 3.05) is 5.75 Å². The molecule has 1 aromatic carbocycles. The van der Waals surface area contributed by atoms with Crippen molar-refractivity contribution in [3.8, 4) is 0 Å². The lowest BCUT2D eigenvalue weighted by atomic mass is 10.1. The van der Waals surface area contributed by atoms with E-state index >= 15 is 0 Å². The van der Waals surface area contributed by atoms with Crippen LogP contribution in [-0.2, 0) is 4.79 Å². The molecule has 1 aromatic heterocycles. The van der Waals surface area contributed by atoms with E-state index in [1.165, 1.54) is 11.8 Å². The molecule has 0 aliphatic carbocycles. The minimum atomic E-state index is 0.162. The van der Waals surface area contributed by atoms with E-state index in [0.29, 0.717) is 0 Å². The average Bonchev–Trinajstić information content (AvgIpc) is 2.75. The number of benzene rings is 1. The lowest BCUT2D eigenvalue weighted by Gasteiger charge is -1.99. The molecule has 0 atom stereocenters. The van der Waals surface area contributed by atoms with Crippen molar-refractivity contribution in [1.29, 1.82) is 0 Å². The molecule has 94 valence electrons. The fourth-order valence-electron chi connectivity index (χ4n) is 1.70. The lowest BCUT2D eigenvalue weighted by Crippen LogP contribution is -1.83. The van der Waals surface area contributed by atoms with Crippen LogP contribution in [0, 0.1) is 0 Å². The molecule has 1 N–H and O–H groups in total. The van der Waals surface area contributed by atoms with E-state index in [4.69, 9.17) is 11.6 Å². The summed E-state index contributed by atoms with van der Waals surface area (Å²) in [6.45, 7) is 1.59. The summed E-state index contributed by atoms with van der Waals surface area (Å²) < 4.78 is 0. The molecule has 1 heterocycles. The van der Waals surface area contributed by atoms with E-state index in [2.05, 4.69) is 17.1 Å². The molecule has 0 bridgehead atoms. The largest absolute Gasteiger partial charge is 0.361 e. The molecule has 18 heavy (non-hydrogen) atoms. The maximum Gasteiger partial charge on any atom is 0.185 e. The molecule has 0 spiro atoms. The first kappa shape index (κ1) is 13.2. The molecule has 2 aromatic rings. The summed E-state index contributed by atoms with van der Waals surface area (Å²) in [5, 5.41) is 2.05. The molecule has 0 unspecified atom stereocenters. The van der Waals surface area contributed by atoms with E-state index in [1.807, 2.05) is 24.4 Å². The van der Waals surface area contributed by atoms with Gasteiger partial charge in [0, 0.05) is 34.8 Å². The third-order valence-electron chi connectivity index (χ3n) is 2.56. The van der Waals surface area contributed by atoms with E-state index in [0.717, 1.165) is 33.7 Å². The Morgan fingerprint density at radius 2 is 2.33 bits per heavy atom. The average molecular weight is 280 g/mol. The molecule has 0 saturated carbocycles. The normalized spacial score (nSPS) is 11.4. The zero-order valence-corrected chi connectivity index (χ0v) is 11.6. The van der Waals surface area contributed by atoms with Gasteiger partial charge in [-0.2, -0.15) is 0 Å². The third kappa shape index (κ3) is 3.40. The van der Waals surface area contributed by atoms with Gasteiger partial charge >= 0.3 is 0 Å². The maximum atomic E-state index is 10.8. The number of rotatable bonds is 4. The van der Waals surface area contributed by atoms with Crippen molar-refractivity contribution in [2.45, 2.75) is 13.3 Å². The van der Waals surface area contributed by atoms with Gasteiger partial charge in [0.05, 0.1) is 0 Å². The lowest BCUT2D eigenvalue weighted by molar-refractivity contribution is -0.109. The van der Waals surface area contributed by atoms with Gasteiger partial charge in [-0.05, 0) is 30.2 Å². The van der Waals surface area contributed by atoms with Crippen molar-refractivity contribution < 1.29 is 4.79 Å². The highest BCUT2D eigenvalue weighted by Gasteiger charge is 2.01. The van der Waals surface area contributed by atoms with Gasteiger partial charge in [-0.1, -0.05) is 35.5 Å². The summed E-state index contributed by atoms with van der Waals surface area (Å²) in [7, 11) is 0. The molecule has 0 aliphatic heterocycles. The summed E-state index contributed by atoms with van der Waals surface area (Å²) in [4.78, 5) is 13.9. The van der Waals surface area contributed by atoms with Crippen LogP contribution in [0.3, 0.4) is 0 Å². The Morgan fingerprint density at radius 3 is 3.11 bits per heavy atom. The highest BCUT2D eigenvalue weighted by molar-refractivity contribution is 8.13. The standard InChI is InChI=1S/C14H14ClNOS/c1-10(17)18-7-3-2-4-11-8-12-5-6-16-14(12)9-13(11)15/h2,4-6,8-9,16H,3,7H2,1H3. The monoisotopic (exact) mass is 279 g/mol. The predicted molar refractivity (Wildman–Crippen MR) is 80.1 cm³/mol. The van der Waals surface area contributed by atoms with Crippen molar-refractivity contribution in [3.05, 3.63) is 41.1 Å². The Labute approximate surface area is 115 Å². The Balaban J connectivity index is 2.04. The van der Waals surface area contributed by atoms with Crippen molar-refractivity contribution in [3.63, 3.8) is 0 Å². The van der Waals surface area contributed by atoms with Crippen LogP contribution in [0.5, 0.6) is 0 Å². The Morgan fingerprint density at radius 1 is 1.50 bits per heavy atom. The Kier molecular flexibility index (Phi) is 4.50. The number of aromatic nitrogens is 1. The fraction of sp³-hybridized carbons (Fsp3) is 0.214. The number of thioether (sulfide) groups is 1. The molecule has 0 aliphatic rings. The highest BCUT2D eigenvalue weighted by atomic mass is 35.5. The van der Waals surface area contributed by atoms with Gasteiger partial charge in [-0.15, -0.1) is 0 Å². The Bertz CT molecular complexity index is 588. The van der Waals surface area contributed by atoms with Crippen LogP contribution in [0.25, 0.3) is 17.0 Å². The molecule has 4 heteroatoms. The summed E-state index contributed by atoms with van der Waals surface area (Å²) in [6, 6.07) is 6.01. The van der Waals surface area contributed by atoms with Crippen molar-refractivity contribution in [2.24, 2.45) is 0 Å². The second kappa shape index (κ2) is 6.12. The van der Waals surface area contributed by atoms with Gasteiger partial charge in [0.25, 0.3) is 0 Å². The number of halogens is 1. The summed E-state index contributed by atoms with van der Waals surface area (Å²) in [5.74, 6) is 0.815. The van der Waals surface area contributed by atoms with Crippen LogP contribution in [0.15, 0.2) is 30.5 Å². The van der Waals surface area contributed by atoms with Crippen LogP contribution in [0.2, 0.25) is 5.02 Å². The quantitative estimate of drug-likeness (QED) is 0.836. The summed E-state index contributed by atoms with van der Waals surface area (Å²) >= 11 is 7.54. The zero-order chi connectivity index (χ0) is 13.0. The fourth-order valence-corrected chi connectivity index (χ4v) is 2.47. The van der Waals surface area contributed by atoms with E-state index in [1.54, 1.807) is 6.92 Å². The number of carbonyl (C=O) groups excluding carboxylic acids is 1.